The average molecular weight is 222 g/mol. The van der Waals surface area contributed by atoms with Crippen LogP contribution >= 0.6 is 0 Å². The van der Waals surface area contributed by atoms with Crippen LogP contribution in [0.15, 0.2) is 0 Å². The summed E-state index contributed by atoms with van der Waals surface area (Å²) in [5.74, 6) is 0. The van der Waals surface area contributed by atoms with Crippen molar-refractivity contribution in [2.45, 2.75) is 39.4 Å². The molecular weight excluding hydrogens is 200 g/mol. The van der Waals surface area contributed by atoms with Gasteiger partial charge in [-0.05, 0) is 18.8 Å². The molecule has 0 aliphatic heterocycles. The lowest BCUT2D eigenvalue weighted by Gasteiger charge is -2.19. The lowest BCUT2D eigenvalue weighted by Crippen LogP contribution is -2.38. The summed E-state index contributed by atoms with van der Waals surface area (Å²) in [5, 5.41) is -0.512. The Balaban J connectivity index is 4.02. The molecule has 5 heteroatoms. The van der Waals surface area contributed by atoms with Crippen molar-refractivity contribution in [3.05, 3.63) is 0 Å². The van der Waals surface area contributed by atoms with Crippen molar-refractivity contribution in [1.29, 1.82) is 0 Å². The summed E-state index contributed by atoms with van der Waals surface area (Å²) in [6.07, 6.45) is 0.823. The quantitative estimate of drug-likeness (QED) is 0.719. The van der Waals surface area contributed by atoms with Gasteiger partial charge in [-0.25, -0.2) is 13.1 Å². The predicted molar refractivity (Wildman–Crippen MR) is 59.5 cm³/mol. The van der Waals surface area contributed by atoms with E-state index in [9.17, 15) is 8.42 Å². The fourth-order valence-electron chi connectivity index (χ4n) is 0.837. The Kier molecular flexibility index (Phi) is 5.05. The maximum absolute atomic E-state index is 11.5. The molecule has 14 heavy (non-hydrogen) atoms. The molecule has 0 aromatic rings. The van der Waals surface area contributed by atoms with Gasteiger partial charge in [-0.15, -0.1) is 0 Å². The molecule has 0 aromatic heterocycles. The van der Waals surface area contributed by atoms with E-state index in [2.05, 4.69) is 25.5 Å². The zero-order valence-electron chi connectivity index (χ0n) is 9.50. The first kappa shape index (κ1) is 13.9. The van der Waals surface area contributed by atoms with E-state index >= 15 is 0 Å². The van der Waals surface area contributed by atoms with Gasteiger partial charge in [0.1, 0.15) is 0 Å². The highest BCUT2D eigenvalue weighted by Crippen LogP contribution is 2.17. The molecule has 86 valence electrons. The molecule has 0 aliphatic carbocycles. The van der Waals surface area contributed by atoms with Crippen LogP contribution in [0.5, 0.6) is 0 Å². The van der Waals surface area contributed by atoms with Gasteiger partial charge in [-0.3, -0.25) is 0 Å². The van der Waals surface area contributed by atoms with E-state index in [1.165, 1.54) is 0 Å². The number of hydrogen-bond donors (Lipinski definition) is 2. The smallest absolute Gasteiger partial charge is 0.215 e. The van der Waals surface area contributed by atoms with Crippen LogP contribution in [0.1, 0.15) is 34.1 Å². The summed E-state index contributed by atoms with van der Waals surface area (Å²) in [7, 11) is -3.21. The lowest BCUT2D eigenvalue weighted by atomic mass is 9.93. The van der Waals surface area contributed by atoms with Gasteiger partial charge in [0.2, 0.25) is 10.0 Å². The van der Waals surface area contributed by atoms with Crippen LogP contribution in [0, 0.1) is 5.41 Å². The molecule has 0 radical (unpaired) electrons. The first-order chi connectivity index (χ1) is 6.19. The van der Waals surface area contributed by atoms with Crippen LogP contribution in [0.4, 0.5) is 0 Å². The van der Waals surface area contributed by atoms with E-state index in [1.807, 2.05) is 0 Å². The van der Waals surface area contributed by atoms with Gasteiger partial charge < -0.3 is 5.73 Å². The average Bonchev–Trinajstić information content (AvgIpc) is 2.00. The minimum atomic E-state index is -3.21. The first-order valence-corrected chi connectivity index (χ1v) is 6.42. The number of hydrogen-bond acceptors (Lipinski definition) is 3. The lowest BCUT2D eigenvalue weighted by molar-refractivity contribution is 0.378. The van der Waals surface area contributed by atoms with E-state index in [-0.39, 0.29) is 12.0 Å². The summed E-state index contributed by atoms with van der Waals surface area (Å²) in [6, 6.07) is 0. The summed E-state index contributed by atoms with van der Waals surface area (Å²) >= 11 is 0. The number of nitrogens with one attached hydrogen (secondary N) is 1. The van der Waals surface area contributed by atoms with Crippen LogP contribution < -0.4 is 10.5 Å². The first-order valence-electron chi connectivity index (χ1n) is 4.87. The highest BCUT2D eigenvalue weighted by molar-refractivity contribution is 7.90. The van der Waals surface area contributed by atoms with Crippen molar-refractivity contribution in [3.8, 4) is 0 Å². The topological polar surface area (TPSA) is 72.2 Å². The van der Waals surface area contributed by atoms with Crippen molar-refractivity contribution in [2.24, 2.45) is 11.1 Å². The maximum Gasteiger partial charge on any atom is 0.215 e. The Hall–Kier alpha value is -0.130. The Labute approximate surface area is 87.3 Å². The Morgan fingerprint density at radius 3 is 2.21 bits per heavy atom. The third kappa shape index (κ3) is 5.57. The van der Waals surface area contributed by atoms with Gasteiger partial charge >= 0.3 is 0 Å². The van der Waals surface area contributed by atoms with Gasteiger partial charge in [0.15, 0.2) is 0 Å². The normalized spacial score (nSPS) is 15.5. The van der Waals surface area contributed by atoms with Gasteiger partial charge in [-0.2, -0.15) is 0 Å². The van der Waals surface area contributed by atoms with Crippen LogP contribution in [0.3, 0.4) is 0 Å². The number of nitrogens with two attached hydrogens (primary N) is 1. The van der Waals surface area contributed by atoms with E-state index in [1.54, 1.807) is 6.92 Å². The van der Waals surface area contributed by atoms with Crippen LogP contribution in [0.2, 0.25) is 0 Å². The summed E-state index contributed by atoms with van der Waals surface area (Å²) in [5.41, 5.74) is 5.44. The van der Waals surface area contributed by atoms with Crippen molar-refractivity contribution in [3.63, 3.8) is 0 Å². The molecule has 1 atom stereocenters. The van der Waals surface area contributed by atoms with Crippen molar-refractivity contribution in [1.82, 2.24) is 4.72 Å². The standard InChI is InChI=1S/C9H22N2O2S/c1-8(7-10)14(12,13)11-6-5-9(2,3)4/h8,11H,5-7,10H2,1-4H3. The van der Waals surface area contributed by atoms with E-state index in [4.69, 9.17) is 5.73 Å². The van der Waals surface area contributed by atoms with E-state index < -0.39 is 15.3 Å². The molecule has 4 nitrogen and oxygen atoms in total. The molecular formula is C9H22N2O2S. The fraction of sp³-hybridized carbons (Fsp3) is 1.00. The molecule has 0 aromatic carbocycles. The summed E-state index contributed by atoms with van der Waals surface area (Å²) in [6.45, 7) is 8.48. The van der Waals surface area contributed by atoms with Gasteiger partial charge in [0.05, 0.1) is 5.25 Å². The van der Waals surface area contributed by atoms with E-state index in [0.29, 0.717) is 6.54 Å². The number of sulfonamides is 1. The summed E-state index contributed by atoms with van der Waals surface area (Å²) in [4.78, 5) is 0. The molecule has 1 unspecified atom stereocenters. The predicted octanol–water partition coefficient (Wildman–Crippen LogP) is 0.689. The molecule has 0 fully saturated rings. The highest BCUT2D eigenvalue weighted by Gasteiger charge is 2.19. The SMILES string of the molecule is CC(CN)S(=O)(=O)NCCC(C)(C)C. The molecule has 0 bridgehead atoms. The molecule has 0 rings (SSSR count). The third-order valence-corrected chi connectivity index (χ3v) is 3.90. The molecule has 0 heterocycles. The van der Waals surface area contributed by atoms with Crippen molar-refractivity contribution >= 4 is 10.0 Å². The third-order valence-electron chi connectivity index (χ3n) is 2.04. The number of rotatable bonds is 5. The second-order valence-corrected chi connectivity index (χ2v) is 6.98. The highest BCUT2D eigenvalue weighted by atomic mass is 32.2. The van der Waals surface area contributed by atoms with E-state index in [0.717, 1.165) is 6.42 Å². The monoisotopic (exact) mass is 222 g/mol. The van der Waals surface area contributed by atoms with Gasteiger partial charge in [-0.1, -0.05) is 20.8 Å². The van der Waals surface area contributed by atoms with Gasteiger partial charge in [0, 0.05) is 13.1 Å². The fourth-order valence-corrected chi connectivity index (χ4v) is 1.76. The molecule has 0 aliphatic rings. The van der Waals surface area contributed by atoms with Crippen LogP contribution in [0.25, 0.3) is 0 Å². The Bertz CT molecular complexity index is 254. The van der Waals surface area contributed by atoms with Crippen molar-refractivity contribution in [2.75, 3.05) is 13.1 Å². The molecule has 0 spiro atoms. The zero-order chi connectivity index (χ0) is 11.4. The second-order valence-electron chi connectivity index (χ2n) is 4.80. The molecule has 0 saturated carbocycles. The van der Waals surface area contributed by atoms with Crippen LogP contribution in [-0.2, 0) is 10.0 Å². The largest absolute Gasteiger partial charge is 0.329 e. The maximum atomic E-state index is 11.5. The molecule has 0 amide bonds. The minimum absolute atomic E-state index is 0.147. The zero-order valence-corrected chi connectivity index (χ0v) is 10.3. The Morgan fingerprint density at radius 2 is 1.86 bits per heavy atom. The Morgan fingerprint density at radius 1 is 1.36 bits per heavy atom. The minimum Gasteiger partial charge on any atom is -0.329 e. The van der Waals surface area contributed by atoms with Crippen molar-refractivity contribution < 1.29 is 8.42 Å². The summed E-state index contributed by atoms with van der Waals surface area (Å²) < 4.78 is 25.5. The molecule has 3 N–H and O–H groups in total. The second kappa shape index (κ2) is 5.09. The molecule has 0 saturated heterocycles. The van der Waals surface area contributed by atoms with Crippen LogP contribution in [-0.4, -0.2) is 26.8 Å². The van der Waals surface area contributed by atoms with Gasteiger partial charge in [0.25, 0.3) is 0 Å².